The van der Waals surface area contributed by atoms with Crippen LogP contribution < -0.4 is 5.32 Å². The van der Waals surface area contributed by atoms with Gasteiger partial charge in [-0.05, 0) is 35.7 Å². The molecule has 0 fully saturated rings. The highest BCUT2D eigenvalue weighted by Crippen LogP contribution is 2.35. The molecule has 98 valence electrons. The number of nitrogens with one attached hydrogen (secondary N) is 1. The molecule has 1 aliphatic rings. The van der Waals surface area contributed by atoms with Gasteiger partial charge in [0.2, 0.25) is 0 Å². The van der Waals surface area contributed by atoms with E-state index in [0.29, 0.717) is 6.04 Å². The normalized spacial score (nSPS) is 17.9. The van der Waals surface area contributed by atoms with Crippen molar-refractivity contribution >= 4 is 29.1 Å². The molecule has 1 heterocycles. The van der Waals surface area contributed by atoms with E-state index in [9.17, 15) is 0 Å². The van der Waals surface area contributed by atoms with Crippen LogP contribution in [-0.4, -0.2) is 5.75 Å². The fourth-order valence-electron chi connectivity index (χ4n) is 2.45. The molecule has 0 saturated carbocycles. The van der Waals surface area contributed by atoms with Crippen molar-refractivity contribution in [2.75, 3.05) is 11.1 Å². The summed E-state index contributed by atoms with van der Waals surface area (Å²) in [5.74, 6) is 2.21. The molecule has 0 aliphatic carbocycles. The molecular weight excluding hydrogens is 274 g/mol. The predicted octanol–water partition coefficient (Wildman–Crippen LogP) is 5.05. The average Bonchev–Trinajstić information content (AvgIpc) is 2.44. The van der Waals surface area contributed by atoms with E-state index >= 15 is 0 Å². The molecule has 3 heteroatoms. The van der Waals surface area contributed by atoms with Gasteiger partial charge >= 0.3 is 0 Å². The molecule has 1 atom stereocenters. The van der Waals surface area contributed by atoms with E-state index < -0.39 is 0 Å². The SMILES string of the molecule is Cc1c(Cl)cccc1NC1CSCc2ccccc21. The van der Waals surface area contributed by atoms with Gasteiger partial charge in [-0.3, -0.25) is 0 Å². The second-order valence-corrected chi connectivity index (χ2v) is 6.26. The standard InChI is InChI=1S/C16H16ClNS/c1-11-14(17)7-4-8-15(11)18-16-10-19-9-12-5-2-3-6-13(12)16/h2-8,16,18H,9-10H2,1H3. The van der Waals surface area contributed by atoms with E-state index in [1.54, 1.807) is 0 Å². The largest absolute Gasteiger partial charge is 0.377 e. The van der Waals surface area contributed by atoms with Crippen LogP contribution in [0.5, 0.6) is 0 Å². The van der Waals surface area contributed by atoms with Crippen LogP contribution in [0.15, 0.2) is 42.5 Å². The van der Waals surface area contributed by atoms with Crippen molar-refractivity contribution in [1.29, 1.82) is 0 Å². The van der Waals surface area contributed by atoms with Crippen molar-refractivity contribution in [3.8, 4) is 0 Å². The first-order valence-electron chi connectivity index (χ1n) is 6.43. The third-order valence-corrected chi connectivity index (χ3v) is 5.06. The number of hydrogen-bond acceptors (Lipinski definition) is 2. The molecule has 0 spiro atoms. The van der Waals surface area contributed by atoms with Crippen molar-refractivity contribution in [3.05, 3.63) is 64.2 Å². The van der Waals surface area contributed by atoms with E-state index in [2.05, 4.69) is 42.6 Å². The lowest BCUT2D eigenvalue weighted by molar-refractivity contribution is 0.869. The summed E-state index contributed by atoms with van der Waals surface area (Å²) in [5.41, 5.74) is 5.11. The minimum atomic E-state index is 0.368. The number of thioether (sulfide) groups is 1. The van der Waals surface area contributed by atoms with Crippen LogP contribution >= 0.6 is 23.4 Å². The number of hydrogen-bond donors (Lipinski definition) is 1. The molecule has 2 aromatic rings. The summed E-state index contributed by atoms with van der Waals surface area (Å²) in [6.45, 7) is 2.06. The number of benzene rings is 2. The Balaban J connectivity index is 1.91. The van der Waals surface area contributed by atoms with Crippen molar-refractivity contribution in [3.63, 3.8) is 0 Å². The molecule has 1 unspecified atom stereocenters. The average molecular weight is 290 g/mol. The fraction of sp³-hybridized carbons (Fsp3) is 0.250. The van der Waals surface area contributed by atoms with Crippen LogP contribution in [0.1, 0.15) is 22.7 Å². The Hall–Kier alpha value is -1.12. The van der Waals surface area contributed by atoms with Gasteiger partial charge in [0, 0.05) is 22.2 Å². The molecule has 19 heavy (non-hydrogen) atoms. The Morgan fingerprint density at radius 2 is 2.00 bits per heavy atom. The molecule has 1 nitrogen and oxygen atoms in total. The number of anilines is 1. The van der Waals surface area contributed by atoms with E-state index in [1.807, 2.05) is 23.9 Å². The van der Waals surface area contributed by atoms with Crippen molar-refractivity contribution in [1.82, 2.24) is 0 Å². The predicted molar refractivity (Wildman–Crippen MR) is 85.2 cm³/mol. The summed E-state index contributed by atoms with van der Waals surface area (Å²) in [5, 5.41) is 4.46. The summed E-state index contributed by atoms with van der Waals surface area (Å²) in [6, 6.07) is 15.1. The van der Waals surface area contributed by atoms with Crippen LogP contribution in [0.4, 0.5) is 5.69 Å². The van der Waals surface area contributed by atoms with Gasteiger partial charge in [0.25, 0.3) is 0 Å². The first-order valence-corrected chi connectivity index (χ1v) is 7.96. The van der Waals surface area contributed by atoms with Crippen molar-refractivity contribution in [2.24, 2.45) is 0 Å². The van der Waals surface area contributed by atoms with Gasteiger partial charge in [-0.1, -0.05) is 41.9 Å². The second-order valence-electron chi connectivity index (χ2n) is 4.82. The lowest BCUT2D eigenvalue weighted by atomic mass is 10.0. The van der Waals surface area contributed by atoms with Gasteiger partial charge in [-0.25, -0.2) is 0 Å². The molecule has 0 aromatic heterocycles. The third kappa shape index (κ3) is 2.60. The minimum Gasteiger partial charge on any atom is -0.377 e. The highest BCUT2D eigenvalue weighted by Gasteiger charge is 2.20. The number of rotatable bonds is 2. The molecular formula is C16H16ClNS. The maximum absolute atomic E-state index is 6.19. The van der Waals surface area contributed by atoms with Crippen LogP contribution in [0.25, 0.3) is 0 Å². The molecule has 0 bridgehead atoms. The van der Waals surface area contributed by atoms with Gasteiger partial charge in [0.1, 0.15) is 0 Å². The summed E-state index contributed by atoms with van der Waals surface area (Å²) in [4.78, 5) is 0. The Morgan fingerprint density at radius 3 is 2.89 bits per heavy atom. The fourth-order valence-corrected chi connectivity index (χ4v) is 3.73. The second kappa shape index (κ2) is 5.48. The van der Waals surface area contributed by atoms with Gasteiger partial charge < -0.3 is 5.32 Å². The molecule has 1 N–H and O–H groups in total. The number of fused-ring (bicyclic) bond motifs is 1. The maximum Gasteiger partial charge on any atom is 0.0607 e. The highest BCUT2D eigenvalue weighted by atomic mass is 35.5. The van der Waals surface area contributed by atoms with Gasteiger partial charge in [-0.2, -0.15) is 11.8 Å². The van der Waals surface area contributed by atoms with Gasteiger partial charge in [0.15, 0.2) is 0 Å². The summed E-state index contributed by atoms with van der Waals surface area (Å²) < 4.78 is 0. The van der Waals surface area contributed by atoms with Crippen LogP contribution in [0.2, 0.25) is 5.02 Å². The lowest BCUT2D eigenvalue weighted by Crippen LogP contribution is -2.19. The first-order chi connectivity index (χ1) is 9.25. The zero-order chi connectivity index (χ0) is 13.2. The van der Waals surface area contributed by atoms with Crippen molar-refractivity contribution in [2.45, 2.75) is 18.7 Å². The van der Waals surface area contributed by atoms with E-state index in [1.165, 1.54) is 11.1 Å². The molecule has 0 amide bonds. The summed E-state index contributed by atoms with van der Waals surface area (Å²) in [6.07, 6.45) is 0. The Labute approximate surface area is 123 Å². The maximum atomic E-state index is 6.19. The quantitative estimate of drug-likeness (QED) is 0.830. The zero-order valence-corrected chi connectivity index (χ0v) is 12.4. The molecule has 0 saturated heterocycles. The van der Waals surface area contributed by atoms with Crippen molar-refractivity contribution < 1.29 is 0 Å². The molecule has 2 aromatic carbocycles. The van der Waals surface area contributed by atoms with E-state index in [-0.39, 0.29) is 0 Å². The Bertz CT molecular complexity index is 597. The summed E-state index contributed by atoms with van der Waals surface area (Å²) >= 11 is 8.17. The minimum absolute atomic E-state index is 0.368. The topological polar surface area (TPSA) is 12.0 Å². The molecule has 3 rings (SSSR count). The van der Waals surface area contributed by atoms with Crippen LogP contribution in [0.3, 0.4) is 0 Å². The lowest BCUT2D eigenvalue weighted by Gasteiger charge is -2.27. The Morgan fingerprint density at radius 1 is 1.16 bits per heavy atom. The van der Waals surface area contributed by atoms with Crippen LogP contribution in [-0.2, 0) is 5.75 Å². The van der Waals surface area contributed by atoms with Crippen LogP contribution in [0, 0.1) is 6.92 Å². The Kier molecular flexibility index (Phi) is 3.72. The first kappa shape index (κ1) is 12.9. The molecule has 0 radical (unpaired) electrons. The van der Waals surface area contributed by atoms with E-state index in [0.717, 1.165) is 27.8 Å². The van der Waals surface area contributed by atoms with E-state index in [4.69, 9.17) is 11.6 Å². The smallest absolute Gasteiger partial charge is 0.0607 e. The zero-order valence-electron chi connectivity index (χ0n) is 10.8. The summed E-state index contributed by atoms with van der Waals surface area (Å²) in [7, 11) is 0. The van der Waals surface area contributed by atoms with Gasteiger partial charge in [-0.15, -0.1) is 0 Å². The highest BCUT2D eigenvalue weighted by molar-refractivity contribution is 7.98. The monoisotopic (exact) mass is 289 g/mol. The number of halogens is 1. The third-order valence-electron chi connectivity index (χ3n) is 3.57. The molecule has 1 aliphatic heterocycles. The van der Waals surface area contributed by atoms with Gasteiger partial charge in [0.05, 0.1) is 6.04 Å².